The SMILES string of the molecule is CC(C)c1ccc(/C=C/C(=O)Nc2ccc(Cc3nc4cc(C(C)C)ccc4o3)cc2)cc1. The van der Waals surface area contributed by atoms with E-state index < -0.39 is 0 Å². The molecule has 33 heavy (non-hydrogen) atoms. The van der Waals surface area contributed by atoms with Gasteiger partial charge >= 0.3 is 0 Å². The zero-order valence-electron chi connectivity index (χ0n) is 19.6. The topological polar surface area (TPSA) is 55.1 Å². The largest absolute Gasteiger partial charge is 0.440 e. The Hall–Kier alpha value is -3.66. The highest BCUT2D eigenvalue weighted by atomic mass is 16.3. The number of carbonyl (C=O) groups is 1. The number of amides is 1. The van der Waals surface area contributed by atoms with Crippen LogP contribution in [0.3, 0.4) is 0 Å². The van der Waals surface area contributed by atoms with E-state index in [0.717, 1.165) is 27.9 Å². The van der Waals surface area contributed by atoms with Crippen LogP contribution in [0.15, 0.2) is 77.2 Å². The first-order valence-electron chi connectivity index (χ1n) is 11.4. The lowest BCUT2D eigenvalue weighted by atomic mass is 10.0. The minimum absolute atomic E-state index is 0.157. The Morgan fingerprint density at radius 1 is 0.909 bits per heavy atom. The molecule has 0 fully saturated rings. The molecule has 0 saturated heterocycles. The molecule has 0 bridgehead atoms. The average molecular weight is 439 g/mol. The number of aromatic nitrogens is 1. The fourth-order valence-corrected chi connectivity index (χ4v) is 3.66. The molecular formula is C29H30N2O2. The van der Waals surface area contributed by atoms with Gasteiger partial charge in [-0.3, -0.25) is 4.79 Å². The van der Waals surface area contributed by atoms with Crippen LogP contribution < -0.4 is 5.32 Å². The van der Waals surface area contributed by atoms with E-state index in [1.54, 1.807) is 6.08 Å². The van der Waals surface area contributed by atoms with Crippen molar-refractivity contribution in [2.45, 2.75) is 46.0 Å². The molecule has 4 nitrogen and oxygen atoms in total. The van der Waals surface area contributed by atoms with Crippen molar-refractivity contribution in [2.75, 3.05) is 5.32 Å². The molecule has 4 aromatic rings. The Bertz CT molecular complexity index is 1260. The number of fused-ring (bicyclic) bond motifs is 1. The third-order valence-electron chi connectivity index (χ3n) is 5.73. The highest BCUT2D eigenvalue weighted by Crippen LogP contribution is 2.23. The predicted molar refractivity (Wildman–Crippen MR) is 136 cm³/mol. The molecule has 4 rings (SSSR count). The van der Waals surface area contributed by atoms with Crippen molar-refractivity contribution in [2.24, 2.45) is 0 Å². The Morgan fingerprint density at radius 3 is 2.24 bits per heavy atom. The zero-order valence-corrected chi connectivity index (χ0v) is 19.6. The molecule has 0 unspecified atom stereocenters. The molecule has 1 aromatic heterocycles. The number of rotatable bonds is 7. The standard InChI is InChI=1S/C29H30N2O2/c1-19(2)23-10-5-21(6-11-23)9-16-28(32)30-25-13-7-22(8-14-25)17-29-31-26-18-24(20(3)4)12-15-27(26)33-29/h5-16,18-20H,17H2,1-4H3,(H,30,32)/b16-9+. The van der Waals surface area contributed by atoms with Crippen molar-refractivity contribution < 1.29 is 9.21 Å². The molecule has 3 aromatic carbocycles. The van der Waals surface area contributed by atoms with E-state index in [1.165, 1.54) is 11.1 Å². The Balaban J connectivity index is 1.36. The fraction of sp³-hybridized carbons (Fsp3) is 0.241. The van der Waals surface area contributed by atoms with Crippen LogP contribution in [0.2, 0.25) is 0 Å². The highest BCUT2D eigenvalue weighted by Gasteiger charge is 2.09. The van der Waals surface area contributed by atoms with Crippen molar-refractivity contribution in [3.05, 3.63) is 101 Å². The molecule has 1 heterocycles. The van der Waals surface area contributed by atoms with Gasteiger partial charge in [0, 0.05) is 18.2 Å². The molecule has 0 aliphatic carbocycles. The number of benzene rings is 3. The van der Waals surface area contributed by atoms with Crippen LogP contribution in [0.25, 0.3) is 17.2 Å². The molecule has 1 amide bonds. The maximum absolute atomic E-state index is 12.3. The van der Waals surface area contributed by atoms with Crippen LogP contribution in [0.5, 0.6) is 0 Å². The van der Waals surface area contributed by atoms with Gasteiger partial charge in [0.25, 0.3) is 0 Å². The lowest BCUT2D eigenvalue weighted by Gasteiger charge is -2.05. The predicted octanol–water partition coefficient (Wildman–Crippen LogP) is 7.32. The summed E-state index contributed by atoms with van der Waals surface area (Å²) in [5.41, 5.74) is 7.07. The number of hydrogen-bond acceptors (Lipinski definition) is 3. The summed E-state index contributed by atoms with van der Waals surface area (Å²) >= 11 is 0. The lowest BCUT2D eigenvalue weighted by Crippen LogP contribution is -2.07. The van der Waals surface area contributed by atoms with Crippen molar-refractivity contribution >= 4 is 28.8 Å². The van der Waals surface area contributed by atoms with Crippen molar-refractivity contribution in [3.8, 4) is 0 Å². The van der Waals surface area contributed by atoms with Crippen LogP contribution in [0.4, 0.5) is 5.69 Å². The van der Waals surface area contributed by atoms with E-state index in [0.29, 0.717) is 24.1 Å². The molecule has 0 radical (unpaired) electrons. The van der Waals surface area contributed by atoms with Gasteiger partial charge in [0.05, 0.1) is 0 Å². The summed E-state index contributed by atoms with van der Waals surface area (Å²) in [6.07, 6.45) is 3.99. The average Bonchev–Trinajstić information content (AvgIpc) is 3.20. The summed E-state index contributed by atoms with van der Waals surface area (Å²) in [6.45, 7) is 8.67. The number of nitrogens with zero attached hydrogens (tertiary/aromatic N) is 1. The smallest absolute Gasteiger partial charge is 0.248 e. The quantitative estimate of drug-likeness (QED) is 0.308. The third kappa shape index (κ3) is 5.78. The second kappa shape index (κ2) is 9.86. The van der Waals surface area contributed by atoms with Gasteiger partial charge in [0.1, 0.15) is 5.52 Å². The first kappa shape index (κ1) is 22.5. The first-order valence-corrected chi connectivity index (χ1v) is 11.4. The van der Waals surface area contributed by atoms with Crippen LogP contribution in [-0.4, -0.2) is 10.9 Å². The van der Waals surface area contributed by atoms with Crippen LogP contribution in [0, 0.1) is 0 Å². The van der Waals surface area contributed by atoms with Crippen molar-refractivity contribution in [1.29, 1.82) is 0 Å². The summed E-state index contributed by atoms with van der Waals surface area (Å²) in [7, 11) is 0. The van der Waals surface area contributed by atoms with Crippen LogP contribution in [-0.2, 0) is 11.2 Å². The van der Waals surface area contributed by atoms with E-state index in [9.17, 15) is 4.79 Å². The van der Waals surface area contributed by atoms with Gasteiger partial charge in [-0.15, -0.1) is 0 Å². The number of anilines is 1. The Labute approximate surface area is 195 Å². The molecule has 0 aliphatic rings. The van der Waals surface area contributed by atoms with Crippen molar-refractivity contribution in [3.63, 3.8) is 0 Å². The maximum atomic E-state index is 12.3. The number of carbonyl (C=O) groups excluding carboxylic acids is 1. The molecule has 1 N–H and O–H groups in total. The summed E-state index contributed by atoms with van der Waals surface area (Å²) in [6, 6.07) is 22.2. The van der Waals surface area contributed by atoms with Gasteiger partial charge in [-0.25, -0.2) is 4.98 Å². The van der Waals surface area contributed by atoms with Crippen molar-refractivity contribution in [1.82, 2.24) is 4.98 Å². The molecular weight excluding hydrogens is 408 g/mol. The molecule has 0 spiro atoms. The Morgan fingerprint density at radius 2 is 1.58 bits per heavy atom. The second-order valence-electron chi connectivity index (χ2n) is 9.01. The highest BCUT2D eigenvalue weighted by molar-refractivity contribution is 6.01. The second-order valence-corrected chi connectivity index (χ2v) is 9.01. The van der Waals surface area contributed by atoms with Gasteiger partial charge in [-0.2, -0.15) is 0 Å². The number of nitrogens with one attached hydrogen (secondary N) is 1. The summed E-state index contributed by atoms with van der Waals surface area (Å²) in [5, 5.41) is 2.91. The van der Waals surface area contributed by atoms with Crippen LogP contribution >= 0.6 is 0 Å². The van der Waals surface area contributed by atoms with Crippen LogP contribution in [0.1, 0.15) is 67.7 Å². The minimum atomic E-state index is -0.157. The fourth-order valence-electron chi connectivity index (χ4n) is 3.66. The summed E-state index contributed by atoms with van der Waals surface area (Å²) in [4.78, 5) is 16.9. The van der Waals surface area contributed by atoms with E-state index in [1.807, 2.05) is 48.5 Å². The minimum Gasteiger partial charge on any atom is -0.440 e. The van der Waals surface area contributed by atoms with E-state index >= 15 is 0 Å². The maximum Gasteiger partial charge on any atom is 0.248 e. The van der Waals surface area contributed by atoms with Gasteiger partial charge in [0.15, 0.2) is 11.5 Å². The lowest BCUT2D eigenvalue weighted by molar-refractivity contribution is -0.111. The molecule has 0 atom stereocenters. The van der Waals surface area contributed by atoms with E-state index in [-0.39, 0.29) is 5.91 Å². The molecule has 4 heteroatoms. The van der Waals surface area contributed by atoms with Gasteiger partial charge in [0.2, 0.25) is 5.91 Å². The monoisotopic (exact) mass is 438 g/mol. The third-order valence-corrected chi connectivity index (χ3v) is 5.73. The molecule has 0 aliphatic heterocycles. The molecule has 168 valence electrons. The summed E-state index contributed by atoms with van der Waals surface area (Å²) in [5.74, 6) is 1.48. The number of oxazole rings is 1. The normalized spacial score (nSPS) is 11.7. The van der Waals surface area contributed by atoms with E-state index in [4.69, 9.17) is 4.42 Å². The Kier molecular flexibility index (Phi) is 6.74. The zero-order chi connectivity index (χ0) is 23.4. The molecule has 0 saturated carbocycles. The van der Waals surface area contributed by atoms with Gasteiger partial charge < -0.3 is 9.73 Å². The van der Waals surface area contributed by atoms with E-state index in [2.05, 4.69) is 62.3 Å². The first-order chi connectivity index (χ1) is 15.9. The van der Waals surface area contributed by atoms with Gasteiger partial charge in [-0.1, -0.05) is 70.2 Å². The van der Waals surface area contributed by atoms with Gasteiger partial charge in [-0.05, 0) is 64.4 Å². The summed E-state index contributed by atoms with van der Waals surface area (Å²) < 4.78 is 5.91. The number of hydrogen-bond donors (Lipinski definition) is 1.